The molecule has 18 heavy (non-hydrogen) atoms. The molecule has 0 fully saturated rings. The zero-order valence-electron chi connectivity index (χ0n) is 8.70. The molecule has 0 aromatic heterocycles. The van der Waals surface area contributed by atoms with E-state index in [9.17, 15) is 26.3 Å². The monoisotopic (exact) mass is 336 g/mol. The molecule has 0 saturated heterocycles. The molecular formula is C10H7BrF6O. The van der Waals surface area contributed by atoms with Crippen molar-refractivity contribution in [2.24, 2.45) is 0 Å². The van der Waals surface area contributed by atoms with Crippen LogP contribution >= 0.6 is 15.9 Å². The van der Waals surface area contributed by atoms with Gasteiger partial charge in [-0.05, 0) is 18.2 Å². The molecule has 1 rings (SSSR count). The molecule has 0 spiro atoms. The van der Waals surface area contributed by atoms with Gasteiger partial charge in [0.2, 0.25) is 0 Å². The van der Waals surface area contributed by atoms with E-state index in [4.69, 9.17) is 0 Å². The van der Waals surface area contributed by atoms with Gasteiger partial charge >= 0.3 is 12.4 Å². The molecule has 1 nitrogen and oxygen atoms in total. The predicted molar refractivity (Wildman–Crippen MR) is 55.3 cm³/mol. The highest BCUT2D eigenvalue weighted by Crippen LogP contribution is 2.38. The van der Waals surface area contributed by atoms with E-state index in [0.29, 0.717) is 0 Å². The minimum Gasteiger partial charge on any atom is -0.493 e. The van der Waals surface area contributed by atoms with Crippen LogP contribution in [0.5, 0.6) is 5.75 Å². The number of alkyl halides is 6. The summed E-state index contributed by atoms with van der Waals surface area (Å²) >= 11 is 2.85. The Kier molecular flexibility index (Phi) is 4.52. The quantitative estimate of drug-likeness (QED) is 0.720. The number of halogens is 7. The Hall–Kier alpha value is -0.920. The molecule has 1 aromatic carbocycles. The number of hydrogen-bond donors (Lipinski definition) is 0. The van der Waals surface area contributed by atoms with Gasteiger partial charge in [0.1, 0.15) is 5.75 Å². The van der Waals surface area contributed by atoms with Crippen LogP contribution in [0.1, 0.15) is 12.0 Å². The Morgan fingerprint density at radius 3 is 2.17 bits per heavy atom. The largest absolute Gasteiger partial charge is 0.493 e. The molecule has 0 atom stereocenters. The average Bonchev–Trinajstić information content (AvgIpc) is 2.17. The van der Waals surface area contributed by atoms with Crippen molar-refractivity contribution in [2.45, 2.75) is 18.8 Å². The third kappa shape index (κ3) is 4.75. The van der Waals surface area contributed by atoms with Gasteiger partial charge in [0.15, 0.2) is 0 Å². The summed E-state index contributed by atoms with van der Waals surface area (Å²) in [6.07, 6.45) is -10.5. The molecule has 0 bridgehead atoms. The first-order valence-electron chi connectivity index (χ1n) is 4.66. The Morgan fingerprint density at radius 1 is 1.06 bits per heavy atom. The average molecular weight is 337 g/mol. The summed E-state index contributed by atoms with van der Waals surface area (Å²) in [5.74, 6) is -0.616. The lowest BCUT2D eigenvalue weighted by molar-refractivity contribution is -0.143. The minimum absolute atomic E-state index is 0.165. The molecular weight excluding hydrogens is 330 g/mol. The first-order valence-corrected chi connectivity index (χ1v) is 5.45. The number of ether oxygens (including phenoxy) is 1. The normalized spacial score (nSPS) is 12.6. The highest BCUT2D eigenvalue weighted by atomic mass is 79.9. The first-order chi connectivity index (χ1) is 8.09. The maximum Gasteiger partial charge on any atom is 0.420 e. The Morgan fingerprint density at radius 2 is 1.67 bits per heavy atom. The van der Waals surface area contributed by atoms with Crippen molar-refractivity contribution in [2.75, 3.05) is 6.61 Å². The number of benzene rings is 1. The van der Waals surface area contributed by atoms with Crippen LogP contribution in [0, 0.1) is 0 Å². The lowest BCUT2D eigenvalue weighted by Crippen LogP contribution is -2.15. The fraction of sp³-hybridized carbons (Fsp3) is 0.400. The van der Waals surface area contributed by atoms with E-state index in [2.05, 4.69) is 20.7 Å². The fourth-order valence-corrected chi connectivity index (χ4v) is 1.49. The smallest absolute Gasteiger partial charge is 0.420 e. The Balaban J connectivity index is 2.83. The van der Waals surface area contributed by atoms with Gasteiger partial charge in [0, 0.05) is 4.47 Å². The lowest BCUT2D eigenvalue weighted by atomic mass is 10.2. The SMILES string of the molecule is FC(F)(F)CCOc1ccc(Br)cc1C(F)(F)F. The van der Waals surface area contributed by atoms with Gasteiger partial charge in [0.05, 0.1) is 18.6 Å². The van der Waals surface area contributed by atoms with Crippen molar-refractivity contribution in [3.05, 3.63) is 28.2 Å². The molecule has 0 aliphatic heterocycles. The summed E-state index contributed by atoms with van der Waals surface area (Å²) in [5.41, 5.74) is -1.11. The fourth-order valence-electron chi connectivity index (χ4n) is 1.13. The lowest BCUT2D eigenvalue weighted by Gasteiger charge is -2.14. The molecule has 0 unspecified atom stereocenters. The maximum atomic E-state index is 12.6. The molecule has 0 heterocycles. The third-order valence-electron chi connectivity index (χ3n) is 1.89. The first kappa shape index (κ1) is 15.1. The van der Waals surface area contributed by atoms with Gasteiger partial charge in [-0.2, -0.15) is 26.3 Å². The molecule has 1 aromatic rings. The summed E-state index contributed by atoms with van der Waals surface area (Å²) in [6, 6.07) is 2.99. The molecule has 8 heteroatoms. The van der Waals surface area contributed by atoms with E-state index in [1.807, 2.05) is 0 Å². The van der Waals surface area contributed by atoms with Crippen LogP contribution in [0.4, 0.5) is 26.3 Å². The van der Waals surface area contributed by atoms with Crippen LogP contribution < -0.4 is 4.74 Å². The zero-order valence-corrected chi connectivity index (χ0v) is 10.3. The van der Waals surface area contributed by atoms with E-state index >= 15 is 0 Å². The van der Waals surface area contributed by atoms with Crippen LogP contribution in [0.25, 0.3) is 0 Å². The summed E-state index contributed by atoms with van der Waals surface area (Å²) < 4.78 is 77.9. The Bertz CT molecular complexity index is 412. The van der Waals surface area contributed by atoms with Gasteiger partial charge < -0.3 is 4.74 Å². The van der Waals surface area contributed by atoms with Crippen molar-refractivity contribution >= 4 is 15.9 Å². The van der Waals surface area contributed by atoms with Crippen LogP contribution in [0.15, 0.2) is 22.7 Å². The maximum absolute atomic E-state index is 12.6. The summed E-state index contributed by atoms with van der Waals surface area (Å²) in [4.78, 5) is 0. The zero-order chi connectivity index (χ0) is 14.0. The van der Waals surface area contributed by atoms with Crippen LogP contribution in [0.2, 0.25) is 0 Å². The van der Waals surface area contributed by atoms with Crippen molar-refractivity contribution in [1.29, 1.82) is 0 Å². The summed E-state index contributed by atoms with van der Waals surface area (Å²) in [6.45, 7) is -0.853. The van der Waals surface area contributed by atoms with Crippen molar-refractivity contribution < 1.29 is 31.1 Å². The van der Waals surface area contributed by atoms with E-state index in [0.717, 1.165) is 12.1 Å². The second kappa shape index (κ2) is 5.38. The topological polar surface area (TPSA) is 9.23 Å². The van der Waals surface area contributed by atoms with Gasteiger partial charge in [-0.3, -0.25) is 0 Å². The number of rotatable bonds is 3. The van der Waals surface area contributed by atoms with E-state index in [1.54, 1.807) is 0 Å². The van der Waals surface area contributed by atoms with Crippen molar-refractivity contribution in [3.8, 4) is 5.75 Å². The molecule has 0 radical (unpaired) electrons. The second-order valence-corrected chi connectivity index (χ2v) is 4.27. The van der Waals surface area contributed by atoms with Crippen molar-refractivity contribution in [1.82, 2.24) is 0 Å². The third-order valence-corrected chi connectivity index (χ3v) is 2.38. The van der Waals surface area contributed by atoms with Gasteiger partial charge in [-0.1, -0.05) is 15.9 Å². The molecule has 0 aliphatic rings. The predicted octanol–water partition coefficient (Wildman–Crippen LogP) is 4.80. The van der Waals surface area contributed by atoms with Crippen LogP contribution in [-0.2, 0) is 6.18 Å². The van der Waals surface area contributed by atoms with E-state index in [-0.39, 0.29) is 4.47 Å². The molecule has 0 saturated carbocycles. The Labute approximate surface area is 107 Å². The van der Waals surface area contributed by atoms with Gasteiger partial charge in [0.25, 0.3) is 0 Å². The molecule has 0 amide bonds. The minimum atomic E-state index is -4.68. The summed E-state index contributed by atoms with van der Waals surface area (Å²) in [5, 5.41) is 0. The van der Waals surface area contributed by atoms with E-state index < -0.39 is 36.7 Å². The standard InChI is InChI=1S/C10H7BrF6O/c11-6-1-2-8(7(5-6)10(15,16)17)18-4-3-9(12,13)14/h1-2,5H,3-4H2. The van der Waals surface area contributed by atoms with E-state index in [1.165, 1.54) is 6.07 Å². The van der Waals surface area contributed by atoms with Crippen LogP contribution in [0.3, 0.4) is 0 Å². The highest BCUT2D eigenvalue weighted by molar-refractivity contribution is 9.10. The summed E-state index contributed by atoms with van der Waals surface area (Å²) in [7, 11) is 0. The molecule has 0 N–H and O–H groups in total. The van der Waals surface area contributed by atoms with Gasteiger partial charge in [-0.15, -0.1) is 0 Å². The molecule has 102 valence electrons. The van der Waals surface area contributed by atoms with Gasteiger partial charge in [-0.25, -0.2) is 0 Å². The van der Waals surface area contributed by atoms with Crippen LogP contribution in [-0.4, -0.2) is 12.8 Å². The van der Waals surface area contributed by atoms with Crippen molar-refractivity contribution in [3.63, 3.8) is 0 Å². The molecule has 0 aliphatic carbocycles. The highest BCUT2D eigenvalue weighted by Gasteiger charge is 2.35. The number of hydrogen-bond acceptors (Lipinski definition) is 1. The second-order valence-electron chi connectivity index (χ2n) is 3.35.